The standard InChI is InChI=1S/C16H11ClN2OS/c17-13-9-5-4-8-12(13)15(20)14-10-18-16(21-14)19-11-6-2-1-3-7-11/h1-10H,(H,18,19). The molecule has 104 valence electrons. The van der Waals surface area contributed by atoms with Gasteiger partial charge in [-0.3, -0.25) is 4.79 Å². The summed E-state index contributed by atoms with van der Waals surface area (Å²) >= 11 is 7.36. The number of rotatable bonds is 4. The molecule has 21 heavy (non-hydrogen) atoms. The Balaban J connectivity index is 1.82. The Bertz CT molecular complexity index is 771. The number of benzene rings is 2. The summed E-state index contributed by atoms with van der Waals surface area (Å²) in [6.07, 6.45) is 1.57. The number of thiazole rings is 1. The van der Waals surface area contributed by atoms with Crippen LogP contribution in [-0.2, 0) is 0 Å². The number of aromatic nitrogens is 1. The van der Waals surface area contributed by atoms with Crippen molar-refractivity contribution in [2.24, 2.45) is 0 Å². The number of hydrogen-bond donors (Lipinski definition) is 1. The van der Waals surface area contributed by atoms with E-state index in [4.69, 9.17) is 11.6 Å². The van der Waals surface area contributed by atoms with Crippen molar-refractivity contribution >= 4 is 39.5 Å². The molecule has 0 aliphatic carbocycles. The van der Waals surface area contributed by atoms with Gasteiger partial charge in [0.2, 0.25) is 5.78 Å². The third-order valence-electron chi connectivity index (χ3n) is 2.87. The predicted octanol–water partition coefficient (Wildman–Crippen LogP) is 4.77. The van der Waals surface area contributed by atoms with Gasteiger partial charge in [-0.2, -0.15) is 0 Å². The molecule has 3 aromatic rings. The first-order chi connectivity index (χ1) is 10.2. The summed E-state index contributed by atoms with van der Waals surface area (Å²) in [6, 6.07) is 16.7. The summed E-state index contributed by atoms with van der Waals surface area (Å²) in [4.78, 5) is 17.2. The Morgan fingerprint density at radius 2 is 1.76 bits per heavy atom. The maximum absolute atomic E-state index is 12.4. The zero-order chi connectivity index (χ0) is 14.7. The van der Waals surface area contributed by atoms with Crippen molar-refractivity contribution in [2.75, 3.05) is 5.32 Å². The minimum atomic E-state index is -0.112. The Morgan fingerprint density at radius 3 is 2.52 bits per heavy atom. The molecule has 1 aromatic heterocycles. The highest BCUT2D eigenvalue weighted by Gasteiger charge is 2.15. The lowest BCUT2D eigenvalue weighted by Gasteiger charge is -2.01. The summed E-state index contributed by atoms with van der Waals surface area (Å²) in [5.41, 5.74) is 1.43. The van der Waals surface area contributed by atoms with Crippen LogP contribution in [0.2, 0.25) is 5.02 Å². The van der Waals surface area contributed by atoms with E-state index in [0.29, 0.717) is 20.6 Å². The third-order valence-corrected chi connectivity index (χ3v) is 4.11. The monoisotopic (exact) mass is 314 g/mol. The van der Waals surface area contributed by atoms with E-state index in [2.05, 4.69) is 10.3 Å². The fraction of sp³-hybridized carbons (Fsp3) is 0. The molecular weight excluding hydrogens is 304 g/mol. The van der Waals surface area contributed by atoms with Crippen LogP contribution in [0.3, 0.4) is 0 Å². The molecule has 0 radical (unpaired) electrons. The van der Waals surface area contributed by atoms with Crippen LogP contribution < -0.4 is 5.32 Å². The lowest BCUT2D eigenvalue weighted by molar-refractivity contribution is 0.104. The van der Waals surface area contributed by atoms with Gasteiger partial charge in [0.1, 0.15) is 0 Å². The summed E-state index contributed by atoms with van der Waals surface area (Å²) in [7, 11) is 0. The van der Waals surface area contributed by atoms with E-state index < -0.39 is 0 Å². The second-order valence-electron chi connectivity index (χ2n) is 4.33. The van der Waals surface area contributed by atoms with Gasteiger partial charge in [0.15, 0.2) is 5.13 Å². The predicted molar refractivity (Wildman–Crippen MR) is 86.7 cm³/mol. The molecule has 3 nitrogen and oxygen atoms in total. The molecule has 0 fully saturated rings. The minimum Gasteiger partial charge on any atom is -0.332 e. The van der Waals surface area contributed by atoms with E-state index in [1.165, 1.54) is 11.3 Å². The molecule has 3 rings (SSSR count). The van der Waals surface area contributed by atoms with Gasteiger partial charge < -0.3 is 5.32 Å². The zero-order valence-corrected chi connectivity index (χ0v) is 12.5. The average molecular weight is 315 g/mol. The van der Waals surface area contributed by atoms with Crippen LogP contribution in [0.4, 0.5) is 10.8 Å². The molecule has 0 unspecified atom stereocenters. The second kappa shape index (κ2) is 6.08. The quantitative estimate of drug-likeness (QED) is 0.705. The van der Waals surface area contributed by atoms with E-state index >= 15 is 0 Å². The van der Waals surface area contributed by atoms with Crippen molar-refractivity contribution in [3.63, 3.8) is 0 Å². The van der Waals surface area contributed by atoms with Crippen LogP contribution in [0.25, 0.3) is 0 Å². The molecule has 0 aliphatic heterocycles. The molecule has 1 heterocycles. The lowest BCUT2D eigenvalue weighted by atomic mass is 10.1. The van der Waals surface area contributed by atoms with E-state index in [1.54, 1.807) is 30.5 Å². The van der Waals surface area contributed by atoms with Crippen molar-refractivity contribution < 1.29 is 4.79 Å². The number of ketones is 1. The first-order valence-corrected chi connectivity index (χ1v) is 7.50. The van der Waals surface area contributed by atoms with Crippen LogP contribution in [-0.4, -0.2) is 10.8 Å². The third kappa shape index (κ3) is 3.12. The molecule has 1 N–H and O–H groups in total. The second-order valence-corrected chi connectivity index (χ2v) is 5.77. The fourth-order valence-electron chi connectivity index (χ4n) is 1.86. The molecule has 0 saturated carbocycles. The lowest BCUT2D eigenvalue weighted by Crippen LogP contribution is -1.98. The first kappa shape index (κ1) is 13.8. The summed E-state index contributed by atoms with van der Waals surface area (Å²) in [5, 5.41) is 4.30. The fourth-order valence-corrected chi connectivity index (χ4v) is 2.87. The maximum atomic E-state index is 12.4. The number of nitrogens with zero attached hydrogens (tertiary/aromatic N) is 1. The van der Waals surface area contributed by atoms with E-state index in [-0.39, 0.29) is 5.78 Å². The van der Waals surface area contributed by atoms with Gasteiger partial charge in [-0.05, 0) is 24.3 Å². The highest BCUT2D eigenvalue weighted by atomic mass is 35.5. The van der Waals surface area contributed by atoms with Crippen LogP contribution >= 0.6 is 22.9 Å². The van der Waals surface area contributed by atoms with Crippen molar-refractivity contribution in [2.45, 2.75) is 0 Å². The molecule has 0 amide bonds. The number of hydrogen-bond acceptors (Lipinski definition) is 4. The van der Waals surface area contributed by atoms with Crippen LogP contribution in [0.1, 0.15) is 15.2 Å². The first-order valence-electron chi connectivity index (χ1n) is 6.31. The zero-order valence-electron chi connectivity index (χ0n) is 10.9. The van der Waals surface area contributed by atoms with E-state index in [0.717, 1.165) is 5.69 Å². The Labute approximate surface area is 131 Å². The molecular formula is C16H11ClN2OS. The van der Waals surface area contributed by atoms with Crippen LogP contribution in [0.15, 0.2) is 60.8 Å². The molecule has 0 atom stereocenters. The molecule has 2 aromatic carbocycles. The smallest absolute Gasteiger partial charge is 0.206 e. The minimum absolute atomic E-state index is 0.112. The summed E-state index contributed by atoms with van der Waals surface area (Å²) < 4.78 is 0. The Kier molecular flexibility index (Phi) is 3.99. The average Bonchev–Trinajstić information content (AvgIpc) is 2.97. The van der Waals surface area contributed by atoms with Crippen LogP contribution in [0, 0.1) is 0 Å². The molecule has 0 aliphatic rings. The summed E-state index contributed by atoms with van der Waals surface area (Å²) in [5.74, 6) is -0.112. The van der Waals surface area contributed by atoms with Gasteiger partial charge in [0, 0.05) is 11.3 Å². The Hall–Kier alpha value is -2.17. The van der Waals surface area contributed by atoms with Gasteiger partial charge in [0.25, 0.3) is 0 Å². The van der Waals surface area contributed by atoms with Gasteiger partial charge in [0.05, 0.1) is 16.1 Å². The number of halogens is 1. The van der Waals surface area contributed by atoms with Gasteiger partial charge in [-0.25, -0.2) is 4.98 Å². The highest BCUT2D eigenvalue weighted by molar-refractivity contribution is 7.17. The number of carbonyl (C=O) groups excluding carboxylic acids is 1. The van der Waals surface area contributed by atoms with Crippen molar-refractivity contribution in [3.05, 3.63) is 76.3 Å². The van der Waals surface area contributed by atoms with Crippen molar-refractivity contribution in [1.82, 2.24) is 4.98 Å². The number of anilines is 2. The SMILES string of the molecule is O=C(c1cnc(Nc2ccccc2)s1)c1ccccc1Cl. The largest absolute Gasteiger partial charge is 0.332 e. The van der Waals surface area contributed by atoms with Gasteiger partial charge >= 0.3 is 0 Å². The topological polar surface area (TPSA) is 42.0 Å². The van der Waals surface area contributed by atoms with Crippen molar-refractivity contribution in [3.8, 4) is 0 Å². The number of para-hydroxylation sites is 1. The van der Waals surface area contributed by atoms with Gasteiger partial charge in [-0.15, -0.1) is 0 Å². The Morgan fingerprint density at radius 1 is 1.05 bits per heavy atom. The maximum Gasteiger partial charge on any atom is 0.206 e. The molecule has 0 bridgehead atoms. The van der Waals surface area contributed by atoms with Crippen molar-refractivity contribution in [1.29, 1.82) is 0 Å². The molecule has 0 spiro atoms. The normalized spacial score (nSPS) is 10.3. The van der Waals surface area contributed by atoms with E-state index in [1.807, 2.05) is 30.3 Å². The molecule has 5 heteroatoms. The number of carbonyl (C=O) groups is 1. The summed E-state index contributed by atoms with van der Waals surface area (Å²) in [6.45, 7) is 0. The van der Waals surface area contributed by atoms with E-state index in [9.17, 15) is 4.79 Å². The highest BCUT2D eigenvalue weighted by Crippen LogP contribution is 2.26. The van der Waals surface area contributed by atoms with Crippen LogP contribution in [0.5, 0.6) is 0 Å². The number of nitrogens with one attached hydrogen (secondary N) is 1. The molecule has 0 saturated heterocycles. The van der Waals surface area contributed by atoms with Gasteiger partial charge in [-0.1, -0.05) is 53.3 Å².